The number of allylic oxidation sites excluding steroid dienone is 2. The first-order chi connectivity index (χ1) is 7.38. The molecule has 0 unspecified atom stereocenters. The molecular weight excluding hydrogens is 261 g/mol. The predicted molar refractivity (Wildman–Crippen MR) is 41.7 cm³/mol. The average Bonchev–Trinajstić information content (AvgIpc) is 2.15. The lowest BCUT2D eigenvalue weighted by Crippen LogP contribution is -2.55. The highest BCUT2D eigenvalue weighted by atomic mass is 19.4. The Morgan fingerprint density at radius 1 is 1.06 bits per heavy atom. The van der Waals surface area contributed by atoms with Crippen LogP contribution in [-0.2, 0) is 9.53 Å². The summed E-state index contributed by atoms with van der Waals surface area (Å²) in [7, 11) is 0.930. The van der Waals surface area contributed by atoms with Crippen molar-refractivity contribution in [3.63, 3.8) is 0 Å². The molecule has 0 spiro atoms. The summed E-state index contributed by atoms with van der Waals surface area (Å²) in [6, 6.07) is 0. The second kappa shape index (κ2) is 4.53. The van der Waals surface area contributed by atoms with E-state index in [1.54, 1.807) is 0 Å². The zero-order chi connectivity index (χ0) is 14.1. The van der Waals surface area contributed by atoms with Gasteiger partial charge >= 0.3 is 18.0 Å². The molecule has 0 saturated heterocycles. The molecule has 0 aliphatic heterocycles. The maximum Gasteiger partial charge on any atom is 0.460 e. The molecule has 17 heavy (non-hydrogen) atoms. The van der Waals surface area contributed by atoms with Crippen LogP contribution >= 0.6 is 0 Å². The van der Waals surface area contributed by atoms with Crippen LogP contribution in [0.25, 0.3) is 0 Å². The second-order valence-electron chi connectivity index (χ2n) is 2.97. The van der Waals surface area contributed by atoms with Crippen molar-refractivity contribution in [3.05, 3.63) is 11.8 Å². The SMILES string of the molecule is COC(C)=CC(=O)C(F)(F)C(F)(F)C(F)(F)F. The van der Waals surface area contributed by atoms with Crippen LogP contribution in [0.1, 0.15) is 6.92 Å². The first kappa shape index (κ1) is 15.7. The van der Waals surface area contributed by atoms with Crippen molar-refractivity contribution >= 4 is 5.78 Å². The minimum absolute atomic E-state index is 0.125. The van der Waals surface area contributed by atoms with E-state index in [0.717, 1.165) is 14.0 Å². The summed E-state index contributed by atoms with van der Waals surface area (Å²) in [5.74, 6) is -15.5. The van der Waals surface area contributed by atoms with E-state index >= 15 is 0 Å². The molecule has 2 nitrogen and oxygen atoms in total. The number of rotatable bonds is 4. The Morgan fingerprint density at radius 3 is 1.76 bits per heavy atom. The monoisotopic (exact) mass is 268 g/mol. The molecule has 0 aromatic heterocycles. The number of ketones is 1. The number of carbonyl (C=O) groups excluding carboxylic acids is 1. The molecule has 0 saturated carbocycles. The van der Waals surface area contributed by atoms with Crippen LogP contribution in [0.2, 0.25) is 0 Å². The Bertz CT molecular complexity index is 329. The maximum atomic E-state index is 12.7. The summed E-state index contributed by atoms with van der Waals surface area (Å²) >= 11 is 0. The van der Waals surface area contributed by atoms with Crippen LogP contribution in [0, 0.1) is 0 Å². The van der Waals surface area contributed by atoms with Crippen molar-refractivity contribution in [3.8, 4) is 0 Å². The quantitative estimate of drug-likeness (QED) is 0.445. The van der Waals surface area contributed by atoms with Gasteiger partial charge in [0.15, 0.2) is 0 Å². The van der Waals surface area contributed by atoms with E-state index in [9.17, 15) is 35.5 Å². The smallest absolute Gasteiger partial charge is 0.460 e. The number of hydrogen-bond acceptors (Lipinski definition) is 2. The van der Waals surface area contributed by atoms with E-state index in [2.05, 4.69) is 4.74 Å². The topological polar surface area (TPSA) is 26.3 Å². The van der Waals surface area contributed by atoms with Crippen molar-refractivity contribution in [2.24, 2.45) is 0 Å². The van der Waals surface area contributed by atoms with Crippen LogP contribution in [0.4, 0.5) is 30.7 Å². The molecule has 0 atom stereocenters. The van der Waals surface area contributed by atoms with Crippen LogP contribution in [0.3, 0.4) is 0 Å². The van der Waals surface area contributed by atoms with Gasteiger partial charge in [0.2, 0.25) is 5.78 Å². The van der Waals surface area contributed by atoms with E-state index in [1.165, 1.54) is 0 Å². The van der Waals surface area contributed by atoms with Crippen molar-refractivity contribution in [1.29, 1.82) is 0 Å². The Hall–Kier alpha value is -1.28. The first-order valence-corrected chi connectivity index (χ1v) is 3.97. The third-order valence-electron chi connectivity index (χ3n) is 1.72. The average molecular weight is 268 g/mol. The summed E-state index contributed by atoms with van der Waals surface area (Å²) in [6.45, 7) is 0.944. The Kier molecular flexibility index (Phi) is 4.19. The van der Waals surface area contributed by atoms with Gasteiger partial charge in [0, 0.05) is 6.08 Å². The largest absolute Gasteiger partial charge is 0.501 e. The number of halogens is 7. The fraction of sp³-hybridized carbons (Fsp3) is 0.625. The molecule has 0 bridgehead atoms. The van der Waals surface area contributed by atoms with Crippen LogP contribution < -0.4 is 0 Å². The number of methoxy groups -OCH3 is 1. The van der Waals surface area contributed by atoms with Gasteiger partial charge < -0.3 is 4.74 Å². The molecule has 0 heterocycles. The van der Waals surface area contributed by atoms with Crippen LogP contribution in [-0.4, -0.2) is 30.9 Å². The van der Waals surface area contributed by atoms with E-state index in [-0.39, 0.29) is 6.08 Å². The number of carbonyl (C=O) groups is 1. The fourth-order valence-corrected chi connectivity index (χ4v) is 0.667. The summed E-state index contributed by atoms with van der Waals surface area (Å²) in [6.07, 6.45) is -6.65. The molecule has 0 fully saturated rings. The molecule has 9 heteroatoms. The van der Waals surface area contributed by atoms with E-state index in [1.807, 2.05) is 0 Å². The van der Waals surface area contributed by atoms with Gasteiger partial charge in [0.1, 0.15) is 0 Å². The van der Waals surface area contributed by atoms with Crippen LogP contribution in [0.5, 0.6) is 0 Å². The number of ether oxygens (including phenoxy) is 1. The van der Waals surface area contributed by atoms with Crippen LogP contribution in [0.15, 0.2) is 11.8 Å². The Balaban J connectivity index is 5.36. The molecular formula is C8H7F7O2. The van der Waals surface area contributed by atoms with Crippen molar-refractivity contribution in [2.45, 2.75) is 24.9 Å². The van der Waals surface area contributed by atoms with E-state index in [0.29, 0.717) is 0 Å². The summed E-state index contributed by atoms with van der Waals surface area (Å²) < 4.78 is 89.2. The molecule has 0 aliphatic carbocycles. The normalized spacial score (nSPS) is 14.8. The molecule has 0 rings (SSSR count). The molecule has 0 N–H and O–H groups in total. The van der Waals surface area contributed by atoms with E-state index in [4.69, 9.17) is 0 Å². The summed E-state index contributed by atoms with van der Waals surface area (Å²) in [4.78, 5) is 10.6. The third-order valence-corrected chi connectivity index (χ3v) is 1.72. The standard InChI is InChI=1S/C8H7F7O2/c1-4(17-2)3-5(16)6(9,10)7(11,12)8(13,14)15/h3H,1-2H3. The van der Waals surface area contributed by atoms with Crippen molar-refractivity contribution in [1.82, 2.24) is 0 Å². The highest BCUT2D eigenvalue weighted by Crippen LogP contribution is 2.47. The minimum atomic E-state index is -6.53. The highest BCUT2D eigenvalue weighted by molar-refractivity contribution is 5.96. The zero-order valence-electron chi connectivity index (χ0n) is 8.54. The van der Waals surface area contributed by atoms with Gasteiger partial charge in [-0.1, -0.05) is 0 Å². The molecule has 0 aliphatic rings. The van der Waals surface area contributed by atoms with Gasteiger partial charge in [-0.15, -0.1) is 0 Å². The van der Waals surface area contributed by atoms with E-state index < -0.39 is 29.6 Å². The molecule has 100 valence electrons. The fourth-order valence-electron chi connectivity index (χ4n) is 0.667. The summed E-state index contributed by atoms with van der Waals surface area (Å²) in [5.41, 5.74) is 0. The number of alkyl halides is 7. The Labute approximate surface area is 91.0 Å². The van der Waals surface area contributed by atoms with Gasteiger partial charge in [0.05, 0.1) is 12.9 Å². The lowest BCUT2D eigenvalue weighted by molar-refractivity contribution is -0.342. The first-order valence-electron chi connectivity index (χ1n) is 3.97. The highest BCUT2D eigenvalue weighted by Gasteiger charge is 2.75. The molecule has 0 amide bonds. The maximum absolute atomic E-state index is 12.7. The Morgan fingerprint density at radius 2 is 1.47 bits per heavy atom. The van der Waals surface area contributed by atoms with Gasteiger partial charge in [0.25, 0.3) is 0 Å². The lowest BCUT2D eigenvalue weighted by Gasteiger charge is -2.26. The minimum Gasteiger partial charge on any atom is -0.501 e. The van der Waals surface area contributed by atoms with Gasteiger partial charge in [-0.25, -0.2) is 0 Å². The van der Waals surface area contributed by atoms with Gasteiger partial charge in [-0.2, -0.15) is 30.7 Å². The molecule has 0 aromatic rings. The van der Waals surface area contributed by atoms with Crippen molar-refractivity contribution in [2.75, 3.05) is 7.11 Å². The van der Waals surface area contributed by atoms with Crippen molar-refractivity contribution < 1.29 is 40.3 Å². The molecule has 0 radical (unpaired) electrons. The summed E-state index contributed by atoms with van der Waals surface area (Å²) in [5, 5.41) is 0. The third kappa shape index (κ3) is 2.89. The van der Waals surface area contributed by atoms with Gasteiger partial charge in [-0.3, -0.25) is 4.79 Å². The lowest BCUT2D eigenvalue weighted by atomic mass is 10.1. The second-order valence-corrected chi connectivity index (χ2v) is 2.97. The molecule has 0 aromatic carbocycles. The number of hydrogen-bond donors (Lipinski definition) is 0. The van der Waals surface area contributed by atoms with Gasteiger partial charge in [-0.05, 0) is 6.92 Å². The zero-order valence-corrected chi connectivity index (χ0v) is 8.54. The predicted octanol–water partition coefficient (Wildman–Crippen LogP) is 2.94.